The van der Waals surface area contributed by atoms with Crippen molar-refractivity contribution in [3.05, 3.63) is 12.2 Å². The fraction of sp³-hybridized carbons (Fsp3) is 0.833. The monoisotopic (exact) mass is 162 g/mol. The summed E-state index contributed by atoms with van der Waals surface area (Å²) in [4.78, 5) is 0. The van der Waals surface area contributed by atoms with Gasteiger partial charge in [0, 0.05) is 0 Å². The smallest absolute Gasteiger partial charge is 0.00852 e. The fourth-order valence-corrected chi connectivity index (χ4v) is 4.29. The molecule has 0 aromatic carbocycles. The number of rotatable bonds is 0. The van der Waals surface area contributed by atoms with Crippen molar-refractivity contribution in [1.82, 2.24) is 0 Å². The van der Waals surface area contributed by atoms with E-state index in [0.29, 0.717) is 5.41 Å². The Morgan fingerprint density at radius 3 is 2.92 bits per heavy atom. The molecule has 0 spiro atoms. The van der Waals surface area contributed by atoms with Crippen LogP contribution in [0.15, 0.2) is 12.2 Å². The van der Waals surface area contributed by atoms with Gasteiger partial charge in [-0.15, -0.1) is 0 Å². The summed E-state index contributed by atoms with van der Waals surface area (Å²) in [5, 5.41) is 0. The molecule has 3 fully saturated rings. The number of hydrogen-bond acceptors (Lipinski definition) is 0. The molecular weight excluding hydrogens is 144 g/mol. The van der Waals surface area contributed by atoms with Gasteiger partial charge in [0.1, 0.15) is 0 Å². The SMILES string of the molecule is C=C1C2CC3CCCC1(C)C3C2. The molecule has 0 radical (unpaired) electrons. The highest BCUT2D eigenvalue weighted by molar-refractivity contribution is 5.26. The molecule has 0 saturated heterocycles. The van der Waals surface area contributed by atoms with Crippen molar-refractivity contribution in [1.29, 1.82) is 0 Å². The lowest BCUT2D eigenvalue weighted by atomic mass is 9.60. The van der Waals surface area contributed by atoms with E-state index in [2.05, 4.69) is 13.5 Å². The first-order valence-electron chi connectivity index (χ1n) is 5.41. The van der Waals surface area contributed by atoms with Gasteiger partial charge in [0.15, 0.2) is 0 Å². The van der Waals surface area contributed by atoms with Crippen LogP contribution in [0.4, 0.5) is 0 Å². The second kappa shape index (κ2) is 1.97. The average molecular weight is 162 g/mol. The van der Waals surface area contributed by atoms with Gasteiger partial charge in [0.25, 0.3) is 0 Å². The maximum Gasteiger partial charge on any atom is -0.00852 e. The molecular formula is C12H18. The highest BCUT2D eigenvalue weighted by Crippen LogP contribution is 2.66. The van der Waals surface area contributed by atoms with E-state index < -0.39 is 0 Å². The minimum atomic E-state index is 0.575. The molecule has 0 heteroatoms. The predicted molar refractivity (Wildman–Crippen MR) is 50.8 cm³/mol. The van der Waals surface area contributed by atoms with E-state index in [1.54, 1.807) is 5.57 Å². The third kappa shape index (κ3) is 0.616. The maximum absolute atomic E-state index is 4.33. The van der Waals surface area contributed by atoms with Crippen molar-refractivity contribution in [3.8, 4) is 0 Å². The van der Waals surface area contributed by atoms with Gasteiger partial charge in [-0.2, -0.15) is 0 Å². The van der Waals surface area contributed by atoms with Crippen molar-refractivity contribution >= 4 is 0 Å². The van der Waals surface area contributed by atoms with Crippen molar-refractivity contribution < 1.29 is 0 Å². The van der Waals surface area contributed by atoms with E-state index in [1.165, 1.54) is 32.1 Å². The van der Waals surface area contributed by atoms with Gasteiger partial charge in [0.05, 0.1) is 0 Å². The first-order chi connectivity index (χ1) is 5.72. The molecule has 3 saturated carbocycles. The molecule has 12 heavy (non-hydrogen) atoms. The minimum absolute atomic E-state index is 0.575. The molecule has 0 heterocycles. The largest absolute Gasteiger partial charge is 0.0990 e. The molecule has 0 aromatic heterocycles. The zero-order chi connectivity index (χ0) is 8.34. The van der Waals surface area contributed by atoms with Crippen molar-refractivity contribution in [2.24, 2.45) is 23.2 Å². The van der Waals surface area contributed by atoms with Gasteiger partial charge in [-0.3, -0.25) is 0 Å². The van der Waals surface area contributed by atoms with Crippen molar-refractivity contribution in [2.45, 2.75) is 39.0 Å². The van der Waals surface area contributed by atoms with Crippen LogP contribution >= 0.6 is 0 Å². The van der Waals surface area contributed by atoms with E-state index >= 15 is 0 Å². The molecule has 0 N–H and O–H groups in total. The van der Waals surface area contributed by atoms with Crippen LogP contribution in [0, 0.1) is 23.2 Å². The van der Waals surface area contributed by atoms with Gasteiger partial charge >= 0.3 is 0 Å². The van der Waals surface area contributed by atoms with Crippen molar-refractivity contribution in [3.63, 3.8) is 0 Å². The summed E-state index contributed by atoms with van der Waals surface area (Å²) in [7, 11) is 0. The summed E-state index contributed by atoms with van der Waals surface area (Å²) in [6.07, 6.45) is 7.38. The second-order valence-corrected chi connectivity index (χ2v) is 5.37. The van der Waals surface area contributed by atoms with Crippen LogP contribution in [0.2, 0.25) is 0 Å². The van der Waals surface area contributed by atoms with Crippen LogP contribution in [0.1, 0.15) is 39.0 Å². The highest BCUT2D eigenvalue weighted by atomic mass is 14.6. The standard InChI is InChI=1S/C12H18/c1-8-10-6-9-4-3-5-12(8,2)11(9)7-10/h9-11H,1,3-7H2,2H3. The molecule has 4 unspecified atom stereocenters. The first-order valence-corrected chi connectivity index (χ1v) is 5.41. The third-order valence-electron chi connectivity index (χ3n) is 5.01. The van der Waals surface area contributed by atoms with Gasteiger partial charge < -0.3 is 0 Å². The lowest BCUT2D eigenvalue weighted by molar-refractivity contribution is 0.114. The number of fused-ring (bicyclic) bond motifs is 1. The average Bonchev–Trinajstić information content (AvgIpc) is 2.55. The molecule has 66 valence electrons. The van der Waals surface area contributed by atoms with Crippen molar-refractivity contribution in [2.75, 3.05) is 0 Å². The molecule has 3 aliphatic carbocycles. The normalized spacial score (nSPS) is 56.4. The predicted octanol–water partition coefficient (Wildman–Crippen LogP) is 3.39. The Morgan fingerprint density at radius 2 is 2.25 bits per heavy atom. The molecule has 4 atom stereocenters. The van der Waals surface area contributed by atoms with Crippen LogP contribution in [0.3, 0.4) is 0 Å². The van der Waals surface area contributed by atoms with E-state index in [1.807, 2.05) is 0 Å². The number of hydrogen-bond donors (Lipinski definition) is 0. The summed E-state index contributed by atoms with van der Waals surface area (Å²) >= 11 is 0. The summed E-state index contributed by atoms with van der Waals surface area (Å²) < 4.78 is 0. The van der Waals surface area contributed by atoms with Crippen LogP contribution in [0.25, 0.3) is 0 Å². The minimum Gasteiger partial charge on any atom is -0.0990 e. The summed E-state index contributed by atoms with van der Waals surface area (Å²) in [5.41, 5.74) is 2.19. The molecule has 2 bridgehead atoms. The third-order valence-corrected chi connectivity index (χ3v) is 5.01. The van der Waals surface area contributed by atoms with Crippen LogP contribution in [-0.2, 0) is 0 Å². The summed E-state index contributed by atoms with van der Waals surface area (Å²) in [6.45, 7) is 6.81. The van der Waals surface area contributed by atoms with E-state index in [9.17, 15) is 0 Å². The van der Waals surface area contributed by atoms with Crippen LogP contribution < -0.4 is 0 Å². The van der Waals surface area contributed by atoms with Gasteiger partial charge in [-0.05, 0) is 42.4 Å². The molecule has 3 rings (SSSR count). The Morgan fingerprint density at radius 1 is 1.42 bits per heavy atom. The summed E-state index contributed by atoms with van der Waals surface area (Å²) in [6, 6.07) is 0. The zero-order valence-electron chi connectivity index (χ0n) is 7.97. The molecule has 0 aliphatic heterocycles. The van der Waals surface area contributed by atoms with Gasteiger partial charge in [0.2, 0.25) is 0 Å². The lowest BCUT2D eigenvalue weighted by Gasteiger charge is -2.45. The van der Waals surface area contributed by atoms with Crippen LogP contribution in [-0.4, -0.2) is 0 Å². The van der Waals surface area contributed by atoms with E-state index in [0.717, 1.165) is 17.8 Å². The molecule has 0 nitrogen and oxygen atoms in total. The Balaban J connectivity index is 2.05. The maximum atomic E-state index is 4.33. The second-order valence-electron chi connectivity index (χ2n) is 5.37. The number of allylic oxidation sites excluding steroid dienone is 1. The lowest BCUT2D eigenvalue weighted by Crippen LogP contribution is -2.35. The van der Waals surface area contributed by atoms with E-state index in [-0.39, 0.29) is 0 Å². The Labute approximate surface area is 75.0 Å². The Bertz CT molecular complexity index is 240. The fourth-order valence-electron chi connectivity index (χ4n) is 4.29. The quantitative estimate of drug-likeness (QED) is 0.479. The Kier molecular flexibility index (Phi) is 1.18. The molecule has 0 aromatic rings. The van der Waals surface area contributed by atoms with Gasteiger partial charge in [-0.25, -0.2) is 0 Å². The first kappa shape index (κ1) is 7.17. The molecule has 0 amide bonds. The highest BCUT2D eigenvalue weighted by Gasteiger charge is 2.56. The topological polar surface area (TPSA) is 0 Å². The van der Waals surface area contributed by atoms with E-state index in [4.69, 9.17) is 0 Å². The van der Waals surface area contributed by atoms with Crippen LogP contribution in [0.5, 0.6) is 0 Å². The molecule has 3 aliphatic rings. The van der Waals surface area contributed by atoms with Gasteiger partial charge in [-0.1, -0.05) is 31.9 Å². The zero-order valence-corrected chi connectivity index (χ0v) is 7.97. The summed E-state index contributed by atoms with van der Waals surface area (Å²) in [5.74, 6) is 3.04. The Hall–Kier alpha value is -0.260.